The van der Waals surface area contributed by atoms with E-state index in [1.807, 2.05) is 78.2 Å². The first-order valence-corrected chi connectivity index (χ1v) is 9.12. The molecular weight excluding hydrogens is 350 g/mol. The molecule has 2 aromatic heterocycles. The van der Waals surface area contributed by atoms with Crippen LogP contribution in [0.4, 0.5) is 0 Å². The second kappa shape index (κ2) is 6.16. The standard InChI is InChI=1S/C23H17N3O2/c1-15-13-22(28)26-20-12-5-4-11-19(20)24-23(26)25(15)14-21(27)18-10-6-8-16-7-2-3-9-17(16)18/h2-13H,14H2,1H3. The average Bonchev–Trinajstić information content (AvgIpc) is 3.10. The van der Waals surface area contributed by atoms with Gasteiger partial charge in [-0.15, -0.1) is 0 Å². The zero-order valence-corrected chi connectivity index (χ0v) is 15.3. The Balaban J connectivity index is 1.69. The second-order valence-electron chi connectivity index (χ2n) is 6.90. The van der Waals surface area contributed by atoms with Gasteiger partial charge < -0.3 is 4.57 Å². The van der Waals surface area contributed by atoms with Crippen LogP contribution in [-0.4, -0.2) is 19.7 Å². The van der Waals surface area contributed by atoms with Gasteiger partial charge in [-0.25, -0.2) is 9.38 Å². The minimum Gasteiger partial charge on any atom is -0.308 e. The summed E-state index contributed by atoms with van der Waals surface area (Å²) in [6.07, 6.45) is 0. The summed E-state index contributed by atoms with van der Waals surface area (Å²) in [7, 11) is 0. The summed E-state index contributed by atoms with van der Waals surface area (Å²) in [5.74, 6) is 0.470. The highest BCUT2D eigenvalue weighted by Crippen LogP contribution is 2.21. The van der Waals surface area contributed by atoms with Crippen LogP contribution < -0.4 is 5.56 Å². The molecule has 0 amide bonds. The fourth-order valence-corrected chi connectivity index (χ4v) is 3.78. The number of hydrogen-bond donors (Lipinski definition) is 0. The molecule has 0 aliphatic carbocycles. The number of carbonyl (C=O) groups is 1. The van der Waals surface area contributed by atoms with E-state index in [1.165, 1.54) is 0 Å². The molecule has 0 radical (unpaired) electrons. The number of nitrogens with zero attached hydrogens (tertiary/aromatic N) is 3. The molecule has 5 heteroatoms. The topological polar surface area (TPSA) is 56.4 Å². The molecule has 28 heavy (non-hydrogen) atoms. The van der Waals surface area contributed by atoms with E-state index in [4.69, 9.17) is 0 Å². The number of benzene rings is 3. The van der Waals surface area contributed by atoms with Gasteiger partial charge in [0, 0.05) is 17.3 Å². The van der Waals surface area contributed by atoms with Gasteiger partial charge in [0.15, 0.2) is 5.78 Å². The zero-order chi connectivity index (χ0) is 19.3. The molecule has 2 heterocycles. The number of fused-ring (bicyclic) bond motifs is 4. The van der Waals surface area contributed by atoms with Gasteiger partial charge in [0.1, 0.15) is 0 Å². The molecule has 0 aliphatic rings. The maximum atomic E-state index is 13.2. The minimum absolute atomic E-state index is 0.0162. The highest BCUT2D eigenvalue weighted by atomic mass is 16.1. The SMILES string of the molecule is Cc1cc(=O)n2c3ccccc3nc2n1CC(=O)c1cccc2ccccc12. The van der Waals surface area contributed by atoms with Crippen molar-refractivity contribution in [2.75, 3.05) is 0 Å². The van der Waals surface area contributed by atoms with Gasteiger partial charge >= 0.3 is 0 Å². The molecule has 3 aromatic carbocycles. The number of carbonyl (C=O) groups excluding carboxylic acids is 1. The van der Waals surface area contributed by atoms with Gasteiger partial charge in [-0.1, -0.05) is 54.6 Å². The minimum atomic E-state index is -0.143. The van der Waals surface area contributed by atoms with Crippen LogP contribution in [0.2, 0.25) is 0 Å². The van der Waals surface area contributed by atoms with Crippen molar-refractivity contribution in [3.8, 4) is 0 Å². The summed E-state index contributed by atoms with van der Waals surface area (Å²) >= 11 is 0. The van der Waals surface area contributed by atoms with Crippen LogP contribution in [0.15, 0.2) is 77.6 Å². The van der Waals surface area contributed by atoms with Crippen molar-refractivity contribution in [3.05, 3.63) is 94.4 Å². The number of hydrogen-bond acceptors (Lipinski definition) is 3. The van der Waals surface area contributed by atoms with E-state index >= 15 is 0 Å². The van der Waals surface area contributed by atoms with Crippen molar-refractivity contribution in [2.45, 2.75) is 13.5 Å². The van der Waals surface area contributed by atoms with Crippen molar-refractivity contribution in [2.24, 2.45) is 0 Å². The van der Waals surface area contributed by atoms with Crippen LogP contribution in [0.3, 0.4) is 0 Å². The summed E-state index contributed by atoms with van der Waals surface area (Å²) in [5, 5.41) is 1.96. The highest BCUT2D eigenvalue weighted by molar-refractivity contribution is 6.08. The summed E-state index contributed by atoms with van der Waals surface area (Å²) in [5.41, 5.74) is 2.72. The number of aromatic nitrogens is 3. The summed E-state index contributed by atoms with van der Waals surface area (Å²) in [4.78, 5) is 30.4. The quantitative estimate of drug-likeness (QED) is 0.453. The van der Waals surface area contributed by atoms with Crippen LogP contribution in [0, 0.1) is 6.92 Å². The molecule has 0 bridgehead atoms. The van der Waals surface area contributed by atoms with E-state index in [1.54, 1.807) is 10.5 Å². The summed E-state index contributed by atoms with van der Waals surface area (Å²) in [6.45, 7) is 1.95. The highest BCUT2D eigenvalue weighted by Gasteiger charge is 2.16. The first kappa shape index (κ1) is 16.4. The van der Waals surface area contributed by atoms with E-state index in [0.717, 1.165) is 21.8 Å². The Labute approximate surface area is 160 Å². The van der Waals surface area contributed by atoms with Crippen molar-refractivity contribution < 1.29 is 4.79 Å². The Morgan fingerprint density at radius 3 is 2.61 bits per heavy atom. The zero-order valence-electron chi connectivity index (χ0n) is 15.3. The van der Waals surface area contributed by atoms with Gasteiger partial charge in [0.25, 0.3) is 5.56 Å². The predicted octanol–water partition coefficient (Wildman–Crippen LogP) is 3.99. The van der Waals surface area contributed by atoms with E-state index in [-0.39, 0.29) is 17.9 Å². The fourth-order valence-electron chi connectivity index (χ4n) is 3.78. The third-order valence-corrected chi connectivity index (χ3v) is 5.15. The van der Waals surface area contributed by atoms with E-state index in [9.17, 15) is 9.59 Å². The van der Waals surface area contributed by atoms with Crippen molar-refractivity contribution in [1.29, 1.82) is 0 Å². The monoisotopic (exact) mass is 367 g/mol. The normalized spacial score (nSPS) is 11.5. The number of imidazole rings is 1. The molecule has 5 nitrogen and oxygen atoms in total. The molecule has 0 unspecified atom stereocenters. The first-order chi connectivity index (χ1) is 13.6. The number of para-hydroxylation sites is 2. The van der Waals surface area contributed by atoms with E-state index in [2.05, 4.69) is 4.98 Å². The molecule has 0 atom stereocenters. The molecular formula is C23H17N3O2. The summed E-state index contributed by atoms with van der Waals surface area (Å²) in [6, 6.07) is 22.6. The molecule has 5 rings (SSSR count). The van der Waals surface area contributed by atoms with Gasteiger partial charge in [0.2, 0.25) is 5.78 Å². The molecule has 0 saturated heterocycles. The Kier molecular flexibility index (Phi) is 3.62. The van der Waals surface area contributed by atoms with Crippen LogP contribution in [0.1, 0.15) is 16.1 Å². The van der Waals surface area contributed by atoms with Gasteiger partial charge in [-0.2, -0.15) is 0 Å². The number of Topliss-reactive ketones (excluding diaryl/α,β-unsaturated/α-hetero) is 1. The average molecular weight is 367 g/mol. The van der Waals surface area contributed by atoms with Crippen molar-refractivity contribution in [1.82, 2.24) is 14.0 Å². The number of ketones is 1. The smallest absolute Gasteiger partial charge is 0.259 e. The Morgan fingerprint density at radius 1 is 0.964 bits per heavy atom. The van der Waals surface area contributed by atoms with Crippen molar-refractivity contribution >= 4 is 33.4 Å². The Bertz CT molecular complexity index is 1440. The lowest BCUT2D eigenvalue weighted by molar-refractivity contribution is 0.0973. The molecule has 0 fully saturated rings. The van der Waals surface area contributed by atoms with Crippen molar-refractivity contribution in [3.63, 3.8) is 0 Å². The maximum Gasteiger partial charge on any atom is 0.259 e. The van der Waals surface area contributed by atoms with Crippen LogP contribution in [0.5, 0.6) is 0 Å². The number of aryl methyl sites for hydroxylation is 1. The molecule has 0 spiro atoms. The lowest BCUT2D eigenvalue weighted by Crippen LogP contribution is -2.22. The van der Waals surface area contributed by atoms with Gasteiger partial charge in [0.05, 0.1) is 17.6 Å². The lowest BCUT2D eigenvalue weighted by atomic mass is 10.0. The Morgan fingerprint density at radius 2 is 1.71 bits per heavy atom. The van der Waals surface area contributed by atoms with Crippen LogP contribution in [-0.2, 0) is 6.54 Å². The van der Waals surface area contributed by atoms with E-state index < -0.39 is 0 Å². The van der Waals surface area contributed by atoms with Gasteiger partial charge in [-0.3, -0.25) is 9.59 Å². The number of rotatable bonds is 3. The third-order valence-electron chi connectivity index (χ3n) is 5.15. The van der Waals surface area contributed by atoms with E-state index in [0.29, 0.717) is 17.0 Å². The largest absolute Gasteiger partial charge is 0.308 e. The maximum absolute atomic E-state index is 13.2. The first-order valence-electron chi connectivity index (χ1n) is 9.12. The fraction of sp³-hybridized carbons (Fsp3) is 0.0870. The van der Waals surface area contributed by atoms with Gasteiger partial charge in [-0.05, 0) is 29.8 Å². The summed E-state index contributed by atoms with van der Waals surface area (Å²) < 4.78 is 3.38. The predicted molar refractivity (Wildman–Crippen MR) is 110 cm³/mol. The Hall–Kier alpha value is -3.73. The molecule has 0 saturated carbocycles. The molecule has 136 valence electrons. The lowest BCUT2D eigenvalue weighted by Gasteiger charge is -2.12. The third kappa shape index (κ3) is 2.44. The molecule has 5 aromatic rings. The molecule has 0 N–H and O–H groups in total. The molecule has 0 aliphatic heterocycles. The van der Waals surface area contributed by atoms with Crippen LogP contribution >= 0.6 is 0 Å². The second-order valence-corrected chi connectivity index (χ2v) is 6.90. The van der Waals surface area contributed by atoms with Crippen LogP contribution in [0.25, 0.3) is 27.6 Å².